The minimum Gasteiger partial charge on any atom is -0.339 e. The molecule has 2 unspecified atom stereocenters. The van der Waals surface area contributed by atoms with E-state index in [-0.39, 0.29) is 23.9 Å². The summed E-state index contributed by atoms with van der Waals surface area (Å²) in [6.07, 6.45) is 3.88. The molecule has 5 nitrogen and oxygen atoms in total. The van der Waals surface area contributed by atoms with Crippen molar-refractivity contribution in [3.8, 4) is 0 Å². The highest BCUT2D eigenvalue weighted by molar-refractivity contribution is 5.80. The second-order valence-corrected chi connectivity index (χ2v) is 5.37. The van der Waals surface area contributed by atoms with Crippen LogP contribution in [0.15, 0.2) is 0 Å². The molecule has 102 valence electrons. The Hall–Kier alpha value is -1.10. The lowest BCUT2D eigenvalue weighted by Gasteiger charge is -2.38. The summed E-state index contributed by atoms with van der Waals surface area (Å²) in [5.74, 6) is 0.393. The van der Waals surface area contributed by atoms with Crippen molar-refractivity contribution in [2.75, 3.05) is 19.6 Å². The lowest BCUT2D eigenvalue weighted by Crippen LogP contribution is -2.53. The second-order valence-electron chi connectivity index (χ2n) is 5.37. The number of hydrogen-bond acceptors (Lipinski definition) is 3. The Kier molecular flexibility index (Phi) is 4.22. The van der Waals surface area contributed by atoms with Crippen molar-refractivity contribution in [3.63, 3.8) is 0 Å². The normalized spacial score (nSPS) is 25.2. The third kappa shape index (κ3) is 2.83. The van der Waals surface area contributed by atoms with Gasteiger partial charge >= 0.3 is 0 Å². The van der Waals surface area contributed by atoms with Crippen molar-refractivity contribution >= 4 is 11.8 Å². The van der Waals surface area contributed by atoms with Gasteiger partial charge in [-0.2, -0.15) is 0 Å². The van der Waals surface area contributed by atoms with E-state index in [0.29, 0.717) is 32.5 Å². The summed E-state index contributed by atoms with van der Waals surface area (Å²) in [6.45, 7) is 4.13. The van der Waals surface area contributed by atoms with Crippen LogP contribution < -0.4 is 5.73 Å². The minimum absolute atomic E-state index is 0.0225. The van der Waals surface area contributed by atoms with E-state index in [1.807, 2.05) is 9.80 Å². The minimum atomic E-state index is -0.0225. The maximum absolute atomic E-state index is 12.1. The van der Waals surface area contributed by atoms with Crippen LogP contribution in [0.1, 0.15) is 39.0 Å². The van der Waals surface area contributed by atoms with Gasteiger partial charge < -0.3 is 15.5 Å². The van der Waals surface area contributed by atoms with E-state index < -0.39 is 0 Å². The molecule has 2 aliphatic rings. The third-order valence-corrected chi connectivity index (χ3v) is 3.94. The first kappa shape index (κ1) is 13.3. The van der Waals surface area contributed by atoms with Gasteiger partial charge in [0.25, 0.3) is 0 Å². The molecular formula is C13H23N3O2. The van der Waals surface area contributed by atoms with E-state index in [2.05, 4.69) is 6.92 Å². The SMILES string of the molecule is CCCC(N)CC(=O)N1CCN2C(=O)CCC2C1. The topological polar surface area (TPSA) is 66.6 Å². The molecule has 2 aliphatic heterocycles. The quantitative estimate of drug-likeness (QED) is 0.785. The molecule has 2 rings (SSSR count). The smallest absolute Gasteiger partial charge is 0.224 e. The number of fused-ring (bicyclic) bond motifs is 1. The molecule has 5 heteroatoms. The number of nitrogens with two attached hydrogens (primary N) is 1. The van der Waals surface area contributed by atoms with E-state index in [1.165, 1.54) is 0 Å². The van der Waals surface area contributed by atoms with Crippen LogP contribution in [0.2, 0.25) is 0 Å². The molecule has 0 bridgehead atoms. The maximum atomic E-state index is 12.1. The molecule has 2 heterocycles. The van der Waals surface area contributed by atoms with Gasteiger partial charge in [0, 0.05) is 44.6 Å². The molecule has 0 radical (unpaired) electrons. The molecule has 0 aromatic rings. The Morgan fingerprint density at radius 2 is 2.28 bits per heavy atom. The fourth-order valence-corrected chi connectivity index (χ4v) is 2.92. The zero-order valence-electron chi connectivity index (χ0n) is 11.1. The Morgan fingerprint density at radius 3 is 3.00 bits per heavy atom. The largest absolute Gasteiger partial charge is 0.339 e. The number of carbonyl (C=O) groups is 2. The Balaban J connectivity index is 1.84. The van der Waals surface area contributed by atoms with Crippen LogP contribution in [0.25, 0.3) is 0 Å². The summed E-state index contributed by atoms with van der Waals surface area (Å²) in [5.41, 5.74) is 5.91. The van der Waals surface area contributed by atoms with E-state index in [9.17, 15) is 9.59 Å². The van der Waals surface area contributed by atoms with Gasteiger partial charge in [-0.05, 0) is 12.8 Å². The maximum Gasteiger partial charge on any atom is 0.224 e. The van der Waals surface area contributed by atoms with Gasteiger partial charge in [-0.1, -0.05) is 13.3 Å². The molecule has 2 saturated heterocycles. The summed E-state index contributed by atoms with van der Waals surface area (Å²) < 4.78 is 0. The molecule has 0 aromatic carbocycles. The van der Waals surface area contributed by atoms with E-state index in [4.69, 9.17) is 5.73 Å². The van der Waals surface area contributed by atoms with Gasteiger partial charge in [0.1, 0.15) is 0 Å². The molecule has 2 atom stereocenters. The summed E-state index contributed by atoms with van der Waals surface area (Å²) in [4.78, 5) is 27.5. The number of amides is 2. The predicted molar refractivity (Wildman–Crippen MR) is 68.8 cm³/mol. The number of rotatable bonds is 4. The van der Waals surface area contributed by atoms with Gasteiger partial charge in [0.15, 0.2) is 0 Å². The molecule has 18 heavy (non-hydrogen) atoms. The third-order valence-electron chi connectivity index (χ3n) is 3.94. The van der Waals surface area contributed by atoms with E-state index in [0.717, 1.165) is 19.3 Å². The zero-order chi connectivity index (χ0) is 13.1. The van der Waals surface area contributed by atoms with E-state index in [1.54, 1.807) is 0 Å². The Morgan fingerprint density at radius 1 is 1.50 bits per heavy atom. The van der Waals surface area contributed by atoms with E-state index >= 15 is 0 Å². The predicted octanol–water partition coefficient (Wildman–Crippen LogP) is 0.337. The van der Waals surface area contributed by atoms with Gasteiger partial charge in [0.05, 0.1) is 0 Å². The average Bonchev–Trinajstić information content (AvgIpc) is 2.71. The van der Waals surface area contributed by atoms with Crippen molar-refractivity contribution < 1.29 is 9.59 Å². The summed E-state index contributed by atoms with van der Waals surface area (Å²) in [5, 5.41) is 0. The fourth-order valence-electron chi connectivity index (χ4n) is 2.92. The van der Waals surface area contributed by atoms with Crippen LogP contribution in [0.4, 0.5) is 0 Å². The summed E-state index contributed by atoms with van der Waals surface area (Å²) >= 11 is 0. The molecule has 2 fully saturated rings. The summed E-state index contributed by atoms with van der Waals surface area (Å²) in [6, 6.07) is 0.225. The van der Waals surface area contributed by atoms with Crippen LogP contribution in [-0.2, 0) is 9.59 Å². The highest BCUT2D eigenvalue weighted by Gasteiger charge is 2.36. The highest BCUT2D eigenvalue weighted by atomic mass is 16.2. The number of nitrogens with zero attached hydrogens (tertiary/aromatic N) is 2. The number of carbonyl (C=O) groups excluding carboxylic acids is 2. The second kappa shape index (κ2) is 5.69. The first-order valence-corrected chi connectivity index (χ1v) is 6.94. The van der Waals surface area contributed by atoms with Gasteiger partial charge in [-0.25, -0.2) is 0 Å². The monoisotopic (exact) mass is 253 g/mol. The van der Waals surface area contributed by atoms with Gasteiger partial charge in [-0.3, -0.25) is 9.59 Å². The lowest BCUT2D eigenvalue weighted by atomic mass is 10.1. The van der Waals surface area contributed by atoms with Crippen molar-refractivity contribution in [3.05, 3.63) is 0 Å². The first-order valence-electron chi connectivity index (χ1n) is 6.94. The van der Waals surface area contributed by atoms with Crippen LogP contribution in [-0.4, -0.2) is 53.3 Å². The van der Waals surface area contributed by atoms with Crippen LogP contribution in [0.3, 0.4) is 0 Å². The molecular weight excluding hydrogens is 230 g/mol. The van der Waals surface area contributed by atoms with Crippen LogP contribution in [0, 0.1) is 0 Å². The molecule has 2 amide bonds. The summed E-state index contributed by atoms with van der Waals surface area (Å²) in [7, 11) is 0. The Labute approximate surface area is 108 Å². The van der Waals surface area contributed by atoms with Crippen molar-refractivity contribution in [1.82, 2.24) is 9.80 Å². The standard InChI is InChI=1S/C13H23N3O2/c1-2-3-10(14)8-13(18)15-6-7-16-11(9-15)4-5-12(16)17/h10-11H,2-9,14H2,1H3. The molecule has 0 aliphatic carbocycles. The average molecular weight is 253 g/mol. The zero-order valence-corrected chi connectivity index (χ0v) is 11.1. The molecule has 0 spiro atoms. The fraction of sp³-hybridized carbons (Fsp3) is 0.846. The first-order chi connectivity index (χ1) is 8.61. The molecule has 0 aromatic heterocycles. The number of piperazine rings is 1. The van der Waals surface area contributed by atoms with Crippen molar-refractivity contribution in [1.29, 1.82) is 0 Å². The molecule has 0 saturated carbocycles. The lowest BCUT2D eigenvalue weighted by molar-refractivity contribution is -0.139. The highest BCUT2D eigenvalue weighted by Crippen LogP contribution is 2.23. The molecule has 2 N–H and O–H groups in total. The van der Waals surface area contributed by atoms with Crippen molar-refractivity contribution in [2.45, 2.75) is 51.1 Å². The van der Waals surface area contributed by atoms with Crippen molar-refractivity contribution in [2.24, 2.45) is 5.73 Å². The number of hydrogen-bond donors (Lipinski definition) is 1. The van der Waals surface area contributed by atoms with Gasteiger partial charge in [-0.15, -0.1) is 0 Å². The Bertz CT molecular complexity index is 332. The van der Waals surface area contributed by atoms with Crippen LogP contribution in [0.5, 0.6) is 0 Å². The van der Waals surface area contributed by atoms with Gasteiger partial charge in [0.2, 0.25) is 11.8 Å². The van der Waals surface area contributed by atoms with Crippen LogP contribution >= 0.6 is 0 Å².